The van der Waals surface area contributed by atoms with E-state index in [1.165, 1.54) is 5.56 Å². The van der Waals surface area contributed by atoms with Crippen molar-refractivity contribution in [2.75, 3.05) is 6.54 Å². The zero-order valence-electron chi connectivity index (χ0n) is 20.6. The second-order valence-electron chi connectivity index (χ2n) is 9.34. The maximum absolute atomic E-state index is 5.71. The number of nitrogens with one attached hydrogen (secondary N) is 1. The average Bonchev–Trinajstić information content (AvgIpc) is 3.56. The number of hydrogen-bond donors (Lipinski definition) is 2. The lowest BCUT2D eigenvalue weighted by molar-refractivity contribution is 0.604. The van der Waals surface area contributed by atoms with Gasteiger partial charge in [-0.2, -0.15) is 5.10 Å². The average molecular weight is 479 g/mol. The first-order valence-electron chi connectivity index (χ1n) is 12.3. The van der Waals surface area contributed by atoms with E-state index >= 15 is 0 Å². The van der Waals surface area contributed by atoms with Crippen LogP contribution in [0.3, 0.4) is 0 Å². The minimum atomic E-state index is 0.486. The summed E-state index contributed by atoms with van der Waals surface area (Å²) < 4.78 is 2.01. The Morgan fingerprint density at radius 2 is 1.56 bits per heavy atom. The van der Waals surface area contributed by atoms with Crippen LogP contribution in [0, 0.1) is 5.92 Å². The summed E-state index contributed by atoms with van der Waals surface area (Å²) in [7, 11) is 0. The highest BCUT2D eigenvalue weighted by Gasteiger charge is 2.15. The third kappa shape index (κ3) is 5.23. The topological polar surface area (TPSA) is 111 Å². The van der Waals surface area contributed by atoms with E-state index in [-0.39, 0.29) is 0 Å². The molecule has 5 aromatic rings. The van der Waals surface area contributed by atoms with Crippen LogP contribution in [0.2, 0.25) is 0 Å². The molecule has 3 N–H and O–H groups in total. The van der Waals surface area contributed by atoms with Crippen molar-refractivity contribution >= 4 is 0 Å². The molecule has 8 nitrogen and oxygen atoms in total. The molecule has 0 saturated carbocycles. The van der Waals surface area contributed by atoms with Crippen molar-refractivity contribution < 1.29 is 0 Å². The first kappa shape index (κ1) is 23.6. The van der Waals surface area contributed by atoms with Crippen LogP contribution in [0.25, 0.3) is 33.9 Å². The van der Waals surface area contributed by atoms with Gasteiger partial charge in [-0.1, -0.05) is 86.6 Å². The van der Waals surface area contributed by atoms with Gasteiger partial charge >= 0.3 is 0 Å². The molecule has 0 unspecified atom stereocenters. The van der Waals surface area contributed by atoms with Gasteiger partial charge in [-0.15, -0.1) is 5.10 Å². The van der Waals surface area contributed by atoms with Crippen LogP contribution in [-0.4, -0.2) is 41.9 Å². The highest BCUT2D eigenvalue weighted by atomic mass is 15.5. The molecule has 182 valence electrons. The number of rotatable bonds is 9. The van der Waals surface area contributed by atoms with E-state index in [9.17, 15) is 0 Å². The minimum absolute atomic E-state index is 0.486. The van der Waals surface area contributed by atoms with E-state index in [1.807, 2.05) is 22.9 Å². The number of benzene rings is 3. The Bertz CT molecular complexity index is 1400. The molecule has 2 aromatic heterocycles. The van der Waals surface area contributed by atoms with Gasteiger partial charge < -0.3 is 5.73 Å². The zero-order chi connectivity index (χ0) is 24.9. The van der Waals surface area contributed by atoms with Crippen LogP contribution in [0.15, 0.2) is 72.8 Å². The van der Waals surface area contributed by atoms with Crippen LogP contribution in [0.1, 0.15) is 30.8 Å². The molecular formula is C28H30N8. The van der Waals surface area contributed by atoms with Crippen molar-refractivity contribution in [1.29, 1.82) is 0 Å². The fourth-order valence-electron chi connectivity index (χ4n) is 4.33. The molecule has 0 aliphatic heterocycles. The molecule has 36 heavy (non-hydrogen) atoms. The van der Waals surface area contributed by atoms with Crippen molar-refractivity contribution in [3.63, 3.8) is 0 Å². The fraction of sp³-hybridized carbons (Fsp3) is 0.250. The summed E-state index contributed by atoms with van der Waals surface area (Å²) in [5.41, 5.74) is 12.3. The maximum Gasteiger partial charge on any atom is 0.180 e. The molecular weight excluding hydrogens is 448 g/mol. The first-order valence-corrected chi connectivity index (χ1v) is 12.3. The van der Waals surface area contributed by atoms with E-state index in [4.69, 9.17) is 15.8 Å². The van der Waals surface area contributed by atoms with Gasteiger partial charge in [0.15, 0.2) is 17.5 Å². The second kappa shape index (κ2) is 10.6. The normalized spacial score (nSPS) is 11.3. The third-order valence-electron chi connectivity index (χ3n) is 6.08. The predicted octanol–water partition coefficient (Wildman–Crippen LogP) is 4.54. The summed E-state index contributed by atoms with van der Waals surface area (Å²) >= 11 is 0. The molecule has 0 spiro atoms. The first-order chi connectivity index (χ1) is 17.6. The van der Waals surface area contributed by atoms with E-state index in [2.05, 4.69) is 89.1 Å². The van der Waals surface area contributed by atoms with E-state index in [0.717, 1.165) is 52.3 Å². The number of hydrogen-bond acceptors (Lipinski definition) is 6. The van der Waals surface area contributed by atoms with Crippen molar-refractivity contribution in [1.82, 2.24) is 35.4 Å². The van der Waals surface area contributed by atoms with Crippen LogP contribution < -0.4 is 5.73 Å². The lowest BCUT2D eigenvalue weighted by Crippen LogP contribution is -2.05. The van der Waals surface area contributed by atoms with Gasteiger partial charge in [-0.3, -0.25) is 0 Å². The van der Waals surface area contributed by atoms with Crippen molar-refractivity contribution in [3.05, 3.63) is 89.7 Å². The minimum Gasteiger partial charge on any atom is -0.330 e. The predicted molar refractivity (Wildman–Crippen MR) is 141 cm³/mol. The van der Waals surface area contributed by atoms with E-state index in [0.29, 0.717) is 24.8 Å². The number of aromatic amines is 1. The van der Waals surface area contributed by atoms with Crippen molar-refractivity contribution in [2.24, 2.45) is 11.7 Å². The molecule has 0 aliphatic carbocycles. The SMILES string of the molecule is CC(C)Cc1nc(-c2ccc(CCN)cc2)n(Cc2ccc(-c3ccccc3-c3nnn[nH]3)cc2)n1. The van der Waals surface area contributed by atoms with Crippen LogP contribution in [0.5, 0.6) is 0 Å². The Hall–Kier alpha value is -4.17. The van der Waals surface area contributed by atoms with Gasteiger partial charge in [0.1, 0.15) is 0 Å². The molecule has 8 heteroatoms. The largest absolute Gasteiger partial charge is 0.330 e. The maximum atomic E-state index is 5.71. The molecule has 0 aliphatic rings. The molecule has 2 heterocycles. The lowest BCUT2D eigenvalue weighted by atomic mass is 9.98. The monoisotopic (exact) mass is 478 g/mol. The molecule has 0 amide bonds. The Balaban J connectivity index is 1.43. The smallest absolute Gasteiger partial charge is 0.180 e. The Kier molecular flexibility index (Phi) is 6.95. The second-order valence-corrected chi connectivity index (χ2v) is 9.34. The summed E-state index contributed by atoms with van der Waals surface area (Å²) in [6, 6.07) is 25.1. The number of H-pyrrole nitrogens is 1. The van der Waals surface area contributed by atoms with Crippen molar-refractivity contribution in [3.8, 4) is 33.9 Å². The Morgan fingerprint density at radius 1 is 0.861 bits per heavy atom. The molecule has 0 atom stereocenters. The zero-order valence-corrected chi connectivity index (χ0v) is 20.6. The van der Waals surface area contributed by atoms with Crippen molar-refractivity contribution in [2.45, 2.75) is 33.2 Å². The molecule has 0 radical (unpaired) electrons. The van der Waals surface area contributed by atoms with Gasteiger partial charge in [-0.25, -0.2) is 14.8 Å². The molecule has 0 bridgehead atoms. The Labute approximate surface area is 210 Å². The highest BCUT2D eigenvalue weighted by Crippen LogP contribution is 2.30. The summed E-state index contributed by atoms with van der Waals surface area (Å²) in [4.78, 5) is 4.90. The van der Waals surface area contributed by atoms with Gasteiger partial charge in [0.2, 0.25) is 0 Å². The molecule has 5 rings (SSSR count). The quantitative estimate of drug-likeness (QED) is 0.322. The fourth-order valence-corrected chi connectivity index (χ4v) is 4.33. The molecule has 3 aromatic carbocycles. The van der Waals surface area contributed by atoms with E-state index in [1.54, 1.807) is 0 Å². The number of nitrogens with two attached hydrogens (primary N) is 1. The summed E-state index contributed by atoms with van der Waals surface area (Å²) in [6.45, 7) is 5.66. The molecule has 0 saturated heterocycles. The summed E-state index contributed by atoms with van der Waals surface area (Å²) in [5.74, 6) is 2.89. The summed E-state index contributed by atoms with van der Waals surface area (Å²) in [5, 5.41) is 19.2. The summed E-state index contributed by atoms with van der Waals surface area (Å²) in [6.07, 6.45) is 1.71. The number of tetrazole rings is 1. The van der Waals surface area contributed by atoms with Gasteiger partial charge in [0.25, 0.3) is 0 Å². The van der Waals surface area contributed by atoms with E-state index < -0.39 is 0 Å². The van der Waals surface area contributed by atoms with Crippen LogP contribution in [0.4, 0.5) is 0 Å². The van der Waals surface area contributed by atoms with Crippen LogP contribution in [-0.2, 0) is 19.4 Å². The standard InChI is InChI=1S/C28H30N8/c1-19(2)17-26-30-28(23-13-7-20(8-14-23)15-16-29)36(33-26)18-21-9-11-22(12-10-21)24-5-3-4-6-25(24)27-31-34-35-32-27/h3-14,19H,15-18,29H2,1-2H3,(H,31,32,34,35). The Morgan fingerprint density at radius 3 is 2.22 bits per heavy atom. The highest BCUT2D eigenvalue weighted by molar-refractivity contribution is 5.80. The number of aromatic nitrogens is 7. The third-order valence-corrected chi connectivity index (χ3v) is 6.08. The van der Waals surface area contributed by atoms with Gasteiger partial charge in [0, 0.05) is 17.5 Å². The van der Waals surface area contributed by atoms with Crippen LogP contribution >= 0.6 is 0 Å². The number of nitrogens with zero attached hydrogens (tertiary/aromatic N) is 6. The lowest BCUT2D eigenvalue weighted by Gasteiger charge is -2.10. The van der Waals surface area contributed by atoms with Gasteiger partial charge in [-0.05, 0) is 51.6 Å². The molecule has 0 fully saturated rings. The van der Waals surface area contributed by atoms with Gasteiger partial charge in [0.05, 0.1) is 6.54 Å².